The molecule has 0 unspecified atom stereocenters. The van der Waals surface area contributed by atoms with Crippen molar-refractivity contribution < 1.29 is 4.79 Å². The van der Waals surface area contributed by atoms with Crippen LogP contribution in [-0.4, -0.2) is 11.3 Å². The van der Waals surface area contributed by atoms with Gasteiger partial charge in [-0.05, 0) is 17.7 Å². The van der Waals surface area contributed by atoms with Gasteiger partial charge in [-0.15, -0.1) is 0 Å². The minimum absolute atomic E-state index is 0.149. The minimum Gasteiger partial charge on any atom is -0.322 e. The Bertz CT molecular complexity index is 543. The van der Waals surface area contributed by atoms with Crippen LogP contribution in [0.1, 0.15) is 10.4 Å². The van der Waals surface area contributed by atoms with Crippen molar-refractivity contribution in [3.8, 4) is 11.3 Å². The van der Waals surface area contributed by atoms with Gasteiger partial charge in [-0.1, -0.05) is 24.3 Å². The Morgan fingerprint density at radius 1 is 1.07 bits per heavy atom. The monoisotopic (exact) mass is 199 g/mol. The smallest absolute Gasteiger partial charge is 0.248 e. The fraction of sp³-hybridized carbons (Fsp3) is 0. The topological polar surface area (TPSA) is 49.9 Å². The number of carbonyl (C=O) groups is 1. The molecule has 3 heteroatoms. The van der Waals surface area contributed by atoms with Crippen LogP contribution >= 0.6 is 0 Å². The lowest BCUT2D eigenvalue weighted by Crippen LogP contribution is -2.03. The number of aldehydes is 1. The third-order valence-corrected chi connectivity index (χ3v) is 2.10. The molecule has 0 aliphatic rings. The summed E-state index contributed by atoms with van der Waals surface area (Å²) in [7, 11) is 0. The number of aromatic amines is 1. The van der Waals surface area contributed by atoms with Gasteiger partial charge in [-0.25, -0.2) is 0 Å². The molecule has 74 valence electrons. The first kappa shape index (κ1) is 9.40. The Morgan fingerprint density at radius 2 is 1.87 bits per heavy atom. The SMILES string of the molecule is O=Cc1cccc(-c2cccc(=O)[nH]2)c1. The van der Waals surface area contributed by atoms with E-state index in [0.717, 1.165) is 11.8 Å². The number of benzene rings is 1. The standard InChI is InChI=1S/C12H9NO2/c14-8-9-3-1-4-10(7-9)11-5-2-6-12(15)13-11/h1-8H,(H,13,15). The maximum absolute atomic E-state index is 11.1. The molecule has 0 saturated carbocycles. The number of aromatic nitrogens is 1. The number of H-pyrrole nitrogens is 1. The molecule has 1 heterocycles. The van der Waals surface area contributed by atoms with Crippen LogP contribution in [0.2, 0.25) is 0 Å². The summed E-state index contributed by atoms with van der Waals surface area (Å²) in [6, 6.07) is 12.0. The van der Waals surface area contributed by atoms with E-state index in [-0.39, 0.29) is 5.56 Å². The van der Waals surface area contributed by atoms with Gasteiger partial charge in [0, 0.05) is 17.3 Å². The van der Waals surface area contributed by atoms with Gasteiger partial charge in [0.05, 0.1) is 0 Å². The lowest BCUT2D eigenvalue weighted by atomic mass is 10.1. The second kappa shape index (κ2) is 3.92. The average molecular weight is 199 g/mol. The molecule has 0 bridgehead atoms. The maximum atomic E-state index is 11.1. The molecule has 0 spiro atoms. The summed E-state index contributed by atoms with van der Waals surface area (Å²) in [5.74, 6) is 0. The highest BCUT2D eigenvalue weighted by molar-refractivity contribution is 5.78. The van der Waals surface area contributed by atoms with E-state index in [4.69, 9.17) is 0 Å². The summed E-state index contributed by atoms with van der Waals surface area (Å²) in [6.45, 7) is 0. The normalized spacial score (nSPS) is 9.87. The van der Waals surface area contributed by atoms with Gasteiger partial charge < -0.3 is 4.98 Å². The van der Waals surface area contributed by atoms with Crippen LogP contribution in [0.4, 0.5) is 0 Å². The van der Waals surface area contributed by atoms with Crippen molar-refractivity contribution in [2.45, 2.75) is 0 Å². The summed E-state index contributed by atoms with van der Waals surface area (Å²) >= 11 is 0. The van der Waals surface area contributed by atoms with Crippen LogP contribution in [0, 0.1) is 0 Å². The zero-order chi connectivity index (χ0) is 10.7. The number of carbonyl (C=O) groups excluding carboxylic acids is 1. The lowest BCUT2D eigenvalue weighted by Gasteiger charge is -2.01. The van der Waals surface area contributed by atoms with E-state index in [1.165, 1.54) is 6.07 Å². The first-order valence-electron chi connectivity index (χ1n) is 4.54. The molecule has 0 radical (unpaired) electrons. The zero-order valence-corrected chi connectivity index (χ0v) is 7.94. The third kappa shape index (κ3) is 2.02. The van der Waals surface area contributed by atoms with E-state index in [1.54, 1.807) is 30.3 Å². The summed E-state index contributed by atoms with van der Waals surface area (Å²) in [6.07, 6.45) is 0.782. The highest BCUT2D eigenvalue weighted by atomic mass is 16.1. The second-order valence-corrected chi connectivity index (χ2v) is 3.17. The van der Waals surface area contributed by atoms with E-state index in [0.29, 0.717) is 11.3 Å². The van der Waals surface area contributed by atoms with Crippen molar-refractivity contribution in [3.63, 3.8) is 0 Å². The van der Waals surface area contributed by atoms with Gasteiger partial charge >= 0.3 is 0 Å². The highest BCUT2D eigenvalue weighted by Gasteiger charge is 1.98. The van der Waals surface area contributed by atoms with E-state index < -0.39 is 0 Å². The minimum atomic E-state index is -0.149. The van der Waals surface area contributed by atoms with Crippen molar-refractivity contribution in [3.05, 3.63) is 58.4 Å². The van der Waals surface area contributed by atoms with Gasteiger partial charge in [0.15, 0.2) is 0 Å². The Hall–Kier alpha value is -2.16. The van der Waals surface area contributed by atoms with Gasteiger partial charge in [-0.2, -0.15) is 0 Å². The molecule has 2 rings (SSSR count). The molecule has 3 nitrogen and oxygen atoms in total. The number of nitrogens with one attached hydrogen (secondary N) is 1. The third-order valence-electron chi connectivity index (χ3n) is 2.10. The van der Waals surface area contributed by atoms with E-state index in [1.807, 2.05) is 6.07 Å². The number of pyridine rings is 1. The van der Waals surface area contributed by atoms with Crippen molar-refractivity contribution in [1.82, 2.24) is 4.98 Å². The van der Waals surface area contributed by atoms with E-state index >= 15 is 0 Å². The summed E-state index contributed by atoms with van der Waals surface area (Å²) in [5, 5.41) is 0. The zero-order valence-electron chi connectivity index (χ0n) is 7.94. The molecule has 0 amide bonds. The molecule has 15 heavy (non-hydrogen) atoms. The van der Waals surface area contributed by atoms with Crippen LogP contribution in [-0.2, 0) is 0 Å². The van der Waals surface area contributed by atoms with Gasteiger partial charge in [-0.3, -0.25) is 9.59 Å². The van der Waals surface area contributed by atoms with Crippen molar-refractivity contribution >= 4 is 6.29 Å². The van der Waals surface area contributed by atoms with Crippen molar-refractivity contribution in [1.29, 1.82) is 0 Å². The van der Waals surface area contributed by atoms with Gasteiger partial charge in [0.25, 0.3) is 0 Å². The Balaban J connectivity index is 2.53. The Kier molecular flexibility index (Phi) is 2.46. The van der Waals surface area contributed by atoms with Crippen LogP contribution in [0.5, 0.6) is 0 Å². The Labute approximate surface area is 86.4 Å². The fourth-order valence-corrected chi connectivity index (χ4v) is 1.40. The fourth-order valence-electron chi connectivity index (χ4n) is 1.40. The molecular formula is C12H9NO2. The molecule has 1 aromatic heterocycles. The van der Waals surface area contributed by atoms with Crippen LogP contribution in [0.15, 0.2) is 47.3 Å². The molecule has 0 saturated heterocycles. The average Bonchev–Trinajstić information content (AvgIpc) is 2.29. The predicted molar refractivity (Wildman–Crippen MR) is 57.9 cm³/mol. The number of hydrogen-bond acceptors (Lipinski definition) is 2. The van der Waals surface area contributed by atoms with Crippen LogP contribution in [0.3, 0.4) is 0 Å². The molecule has 0 aliphatic carbocycles. The largest absolute Gasteiger partial charge is 0.322 e. The summed E-state index contributed by atoms with van der Waals surface area (Å²) in [5.41, 5.74) is 1.99. The van der Waals surface area contributed by atoms with E-state index in [9.17, 15) is 9.59 Å². The quantitative estimate of drug-likeness (QED) is 0.750. The van der Waals surface area contributed by atoms with E-state index in [2.05, 4.69) is 4.98 Å². The molecular weight excluding hydrogens is 190 g/mol. The molecule has 0 atom stereocenters. The highest BCUT2D eigenvalue weighted by Crippen LogP contribution is 2.15. The summed E-state index contributed by atoms with van der Waals surface area (Å²) < 4.78 is 0. The molecule has 0 fully saturated rings. The van der Waals surface area contributed by atoms with Crippen molar-refractivity contribution in [2.75, 3.05) is 0 Å². The van der Waals surface area contributed by atoms with Crippen LogP contribution in [0.25, 0.3) is 11.3 Å². The summed E-state index contributed by atoms with van der Waals surface area (Å²) in [4.78, 5) is 24.4. The number of hydrogen-bond donors (Lipinski definition) is 1. The lowest BCUT2D eigenvalue weighted by molar-refractivity contribution is 0.112. The van der Waals surface area contributed by atoms with Gasteiger partial charge in [0.1, 0.15) is 6.29 Å². The van der Waals surface area contributed by atoms with Crippen molar-refractivity contribution in [2.24, 2.45) is 0 Å². The molecule has 1 aromatic carbocycles. The molecule has 0 aliphatic heterocycles. The second-order valence-electron chi connectivity index (χ2n) is 3.17. The Morgan fingerprint density at radius 3 is 2.60 bits per heavy atom. The first-order valence-corrected chi connectivity index (χ1v) is 4.54. The predicted octanol–water partition coefficient (Wildman–Crippen LogP) is 1.85. The van der Waals surface area contributed by atoms with Gasteiger partial charge in [0.2, 0.25) is 5.56 Å². The van der Waals surface area contributed by atoms with Crippen LogP contribution < -0.4 is 5.56 Å². The maximum Gasteiger partial charge on any atom is 0.248 e. The molecule has 1 N–H and O–H groups in total. The number of rotatable bonds is 2. The first-order chi connectivity index (χ1) is 7.29. The molecule has 2 aromatic rings.